The highest BCUT2D eigenvalue weighted by molar-refractivity contribution is 6.46. The molecule has 36 heavy (non-hydrogen) atoms. The zero-order valence-corrected chi connectivity index (χ0v) is 21.5. The maximum absolute atomic E-state index is 13.3. The van der Waals surface area contributed by atoms with Crippen molar-refractivity contribution in [3.05, 3.63) is 71.3 Å². The summed E-state index contributed by atoms with van der Waals surface area (Å²) < 4.78 is 16.4. The molecule has 3 rings (SSSR count). The molecule has 192 valence electrons. The van der Waals surface area contributed by atoms with E-state index in [1.807, 2.05) is 25.9 Å². The molecule has 1 saturated heterocycles. The van der Waals surface area contributed by atoms with E-state index in [9.17, 15) is 14.7 Å². The molecule has 1 N–H and O–H groups in total. The first kappa shape index (κ1) is 26.8. The van der Waals surface area contributed by atoms with Gasteiger partial charge in [-0.25, -0.2) is 0 Å². The smallest absolute Gasteiger partial charge is 0.295 e. The minimum Gasteiger partial charge on any atom is -0.507 e. The number of hydrogen-bond acceptors (Lipinski definition) is 7. The number of hydrogen-bond donors (Lipinski definition) is 1. The molecule has 2 aromatic rings. The summed E-state index contributed by atoms with van der Waals surface area (Å²) in [5.41, 5.74) is 1.89. The molecule has 1 heterocycles. The van der Waals surface area contributed by atoms with Gasteiger partial charge in [-0.2, -0.15) is 0 Å². The molecule has 1 aliphatic heterocycles. The fourth-order valence-corrected chi connectivity index (χ4v) is 4.30. The van der Waals surface area contributed by atoms with Gasteiger partial charge in [-0.15, -0.1) is 0 Å². The molecule has 8 nitrogen and oxygen atoms in total. The second-order valence-electron chi connectivity index (χ2n) is 8.84. The van der Waals surface area contributed by atoms with Gasteiger partial charge in [0.05, 0.1) is 25.8 Å². The minimum absolute atomic E-state index is 0.0382. The molecule has 2 aromatic carbocycles. The molecule has 1 unspecified atom stereocenters. The van der Waals surface area contributed by atoms with E-state index in [0.717, 1.165) is 12.1 Å². The molecular formula is C28H34N2O6. The van der Waals surface area contributed by atoms with Crippen LogP contribution in [0.5, 0.6) is 17.2 Å². The number of ketones is 1. The molecule has 8 heteroatoms. The molecular weight excluding hydrogens is 460 g/mol. The summed E-state index contributed by atoms with van der Waals surface area (Å²) in [5.74, 6) is 0.0400. The molecule has 0 radical (unpaired) electrons. The Morgan fingerprint density at radius 3 is 2.39 bits per heavy atom. The van der Waals surface area contributed by atoms with Gasteiger partial charge >= 0.3 is 0 Å². The Morgan fingerprint density at radius 2 is 1.78 bits per heavy atom. The minimum atomic E-state index is -0.774. The second kappa shape index (κ2) is 11.8. The monoisotopic (exact) mass is 494 g/mol. The number of benzene rings is 2. The number of ether oxygens (including phenoxy) is 3. The van der Waals surface area contributed by atoms with E-state index in [4.69, 9.17) is 14.2 Å². The molecule has 1 aliphatic rings. The topological polar surface area (TPSA) is 88.5 Å². The van der Waals surface area contributed by atoms with Crippen LogP contribution in [0.2, 0.25) is 0 Å². The number of rotatable bonds is 11. The number of amides is 1. The SMILES string of the molecule is C=CCOc1ccc(C(O)=C2C(=O)C(=O)N(CCCN(C)C)C2c2ccc(OC)c(OC)c2)cc1C. The average molecular weight is 495 g/mol. The number of aryl methyl sites for hydroxylation is 1. The van der Waals surface area contributed by atoms with Gasteiger partial charge < -0.3 is 29.1 Å². The van der Waals surface area contributed by atoms with Gasteiger partial charge in [-0.05, 0) is 75.4 Å². The Bertz CT molecular complexity index is 1170. The lowest BCUT2D eigenvalue weighted by Crippen LogP contribution is -2.32. The number of Topliss-reactive ketones (excluding diaryl/α,β-unsaturated/α-hetero) is 1. The first-order chi connectivity index (χ1) is 17.2. The highest BCUT2D eigenvalue weighted by Gasteiger charge is 2.46. The summed E-state index contributed by atoms with van der Waals surface area (Å²) in [7, 11) is 6.96. The predicted octanol–water partition coefficient (Wildman–Crippen LogP) is 3.95. The number of likely N-dealkylation sites (tertiary alicyclic amines) is 1. The van der Waals surface area contributed by atoms with Gasteiger partial charge in [0, 0.05) is 12.1 Å². The zero-order valence-electron chi connectivity index (χ0n) is 21.5. The van der Waals surface area contributed by atoms with Crippen molar-refractivity contribution in [3.63, 3.8) is 0 Å². The maximum Gasteiger partial charge on any atom is 0.295 e. The van der Waals surface area contributed by atoms with Crippen LogP contribution in [0.3, 0.4) is 0 Å². The lowest BCUT2D eigenvalue weighted by Gasteiger charge is -2.26. The van der Waals surface area contributed by atoms with Crippen LogP contribution in [0.1, 0.15) is 29.2 Å². The molecule has 1 atom stereocenters. The molecule has 1 fully saturated rings. The summed E-state index contributed by atoms with van der Waals surface area (Å²) in [6.45, 7) is 6.95. The molecule has 0 bridgehead atoms. The van der Waals surface area contributed by atoms with Crippen LogP contribution in [0.25, 0.3) is 5.76 Å². The van der Waals surface area contributed by atoms with Crippen LogP contribution in [0.15, 0.2) is 54.6 Å². The molecule has 1 amide bonds. The number of aliphatic hydroxyl groups excluding tert-OH is 1. The third kappa shape index (κ3) is 5.54. The summed E-state index contributed by atoms with van der Waals surface area (Å²) in [6.07, 6.45) is 2.31. The van der Waals surface area contributed by atoms with Gasteiger partial charge in [-0.1, -0.05) is 18.7 Å². The molecule has 0 spiro atoms. The van der Waals surface area contributed by atoms with Gasteiger partial charge in [0.2, 0.25) is 0 Å². The Hall–Kier alpha value is -3.78. The Balaban J connectivity index is 2.12. The maximum atomic E-state index is 13.3. The first-order valence-corrected chi connectivity index (χ1v) is 11.7. The van der Waals surface area contributed by atoms with Gasteiger partial charge in [0.25, 0.3) is 11.7 Å². The van der Waals surface area contributed by atoms with Crippen molar-refractivity contribution < 1.29 is 28.9 Å². The van der Waals surface area contributed by atoms with E-state index in [0.29, 0.717) is 47.9 Å². The third-order valence-electron chi connectivity index (χ3n) is 6.07. The molecule has 0 aromatic heterocycles. The van der Waals surface area contributed by atoms with Crippen molar-refractivity contribution in [1.82, 2.24) is 9.80 Å². The van der Waals surface area contributed by atoms with Crippen LogP contribution in [-0.4, -0.2) is 74.6 Å². The number of carbonyl (C=O) groups is 2. The van der Waals surface area contributed by atoms with E-state index in [1.165, 1.54) is 19.1 Å². The molecule has 0 saturated carbocycles. The Kier molecular flexibility index (Phi) is 8.77. The van der Waals surface area contributed by atoms with E-state index in [2.05, 4.69) is 6.58 Å². The first-order valence-electron chi connectivity index (χ1n) is 11.7. The zero-order chi connectivity index (χ0) is 26.4. The summed E-state index contributed by atoms with van der Waals surface area (Å²) in [6, 6.07) is 9.60. The third-order valence-corrected chi connectivity index (χ3v) is 6.07. The van der Waals surface area contributed by atoms with Crippen LogP contribution < -0.4 is 14.2 Å². The van der Waals surface area contributed by atoms with Crippen molar-refractivity contribution in [2.75, 3.05) is 48.0 Å². The van der Waals surface area contributed by atoms with E-state index >= 15 is 0 Å². The normalized spacial score (nSPS) is 16.9. The van der Waals surface area contributed by atoms with Gasteiger partial charge in [0.15, 0.2) is 11.5 Å². The second-order valence-corrected chi connectivity index (χ2v) is 8.84. The summed E-state index contributed by atoms with van der Waals surface area (Å²) in [4.78, 5) is 30.0. The van der Waals surface area contributed by atoms with Crippen molar-refractivity contribution in [2.45, 2.75) is 19.4 Å². The van der Waals surface area contributed by atoms with Crippen molar-refractivity contribution in [3.8, 4) is 17.2 Å². The highest BCUT2D eigenvalue weighted by atomic mass is 16.5. The van der Waals surface area contributed by atoms with Gasteiger partial charge in [-0.3, -0.25) is 9.59 Å². The number of carbonyl (C=O) groups excluding carboxylic acids is 2. The Morgan fingerprint density at radius 1 is 1.08 bits per heavy atom. The van der Waals surface area contributed by atoms with E-state index in [-0.39, 0.29) is 11.3 Å². The standard InChI is InChI=1S/C28H34N2O6/c1-7-15-36-21-11-10-20(16-18(21)2)26(31)24-25(19-9-12-22(34-5)23(17-19)35-6)30(28(33)27(24)32)14-8-13-29(3)4/h7,9-12,16-17,25,31H,1,8,13-15H2,2-6H3. The van der Waals surface area contributed by atoms with E-state index < -0.39 is 17.7 Å². The number of nitrogens with zero attached hydrogens (tertiary/aromatic N) is 2. The predicted molar refractivity (Wildman–Crippen MR) is 139 cm³/mol. The quantitative estimate of drug-likeness (QED) is 0.219. The number of aliphatic hydroxyl groups is 1. The lowest BCUT2D eigenvalue weighted by atomic mass is 9.94. The largest absolute Gasteiger partial charge is 0.507 e. The van der Waals surface area contributed by atoms with E-state index in [1.54, 1.807) is 42.5 Å². The Labute approximate surface area is 212 Å². The van der Waals surface area contributed by atoms with Crippen LogP contribution in [0.4, 0.5) is 0 Å². The van der Waals surface area contributed by atoms with Crippen molar-refractivity contribution >= 4 is 17.4 Å². The fourth-order valence-electron chi connectivity index (χ4n) is 4.30. The van der Waals surface area contributed by atoms with Gasteiger partial charge in [0.1, 0.15) is 18.1 Å². The fraction of sp³-hybridized carbons (Fsp3) is 0.357. The summed E-state index contributed by atoms with van der Waals surface area (Å²) in [5, 5.41) is 11.3. The summed E-state index contributed by atoms with van der Waals surface area (Å²) >= 11 is 0. The van der Waals surface area contributed by atoms with Crippen molar-refractivity contribution in [1.29, 1.82) is 0 Å². The van der Waals surface area contributed by atoms with Crippen LogP contribution in [-0.2, 0) is 9.59 Å². The van der Waals surface area contributed by atoms with Crippen molar-refractivity contribution in [2.24, 2.45) is 0 Å². The lowest BCUT2D eigenvalue weighted by molar-refractivity contribution is -0.139. The number of methoxy groups -OCH3 is 2. The van der Waals surface area contributed by atoms with Crippen LogP contribution >= 0.6 is 0 Å². The average Bonchev–Trinajstić information content (AvgIpc) is 3.11. The molecule has 0 aliphatic carbocycles. The van der Waals surface area contributed by atoms with Crippen LogP contribution in [0, 0.1) is 6.92 Å². The highest BCUT2D eigenvalue weighted by Crippen LogP contribution is 2.42.